The van der Waals surface area contributed by atoms with Crippen LogP contribution in [0.15, 0.2) is 42.5 Å². The Morgan fingerprint density at radius 1 is 1.17 bits per heavy atom. The second-order valence-electron chi connectivity index (χ2n) is 6.07. The van der Waals surface area contributed by atoms with Gasteiger partial charge in [-0.05, 0) is 48.7 Å². The molecule has 5 nitrogen and oxygen atoms in total. The van der Waals surface area contributed by atoms with Gasteiger partial charge in [0.15, 0.2) is 0 Å². The molecule has 6 heteroatoms. The summed E-state index contributed by atoms with van der Waals surface area (Å²) in [6, 6.07) is 13.0. The van der Waals surface area contributed by atoms with Gasteiger partial charge >= 0.3 is 0 Å². The number of nitrogens with zero attached hydrogens (tertiary/aromatic N) is 2. The molecule has 0 radical (unpaired) electrons. The van der Waals surface area contributed by atoms with Crippen LogP contribution >= 0.6 is 0 Å². The Balaban J connectivity index is 1.92. The third-order valence-electron chi connectivity index (χ3n) is 4.41. The second-order valence-corrected chi connectivity index (χ2v) is 8.08. The summed E-state index contributed by atoms with van der Waals surface area (Å²) in [4.78, 5) is 14.6. The summed E-state index contributed by atoms with van der Waals surface area (Å²) in [6.45, 7) is 2.48. The van der Waals surface area contributed by atoms with Gasteiger partial charge in [-0.1, -0.05) is 18.2 Å². The SMILES string of the molecule is Cc1cc(C(=O)N2CCc3ccccc32)ccc1N(C)S(C)(=O)=O. The fraction of sp³-hybridized carbons (Fsp3) is 0.278. The Morgan fingerprint density at radius 3 is 2.54 bits per heavy atom. The van der Waals surface area contributed by atoms with Crippen LogP contribution in [0.3, 0.4) is 0 Å². The van der Waals surface area contributed by atoms with Crippen molar-refractivity contribution in [2.75, 3.05) is 29.1 Å². The molecule has 1 aliphatic heterocycles. The highest BCUT2D eigenvalue weighted by Gasteiger charge is 2.25. The average Bonchev–Trinajstić information content (AvgIpc) is 2.96. The minimum atomic E-state index is -3.33. The van der Waals surface area contributed by atoms with Crippen molar-refractivity contribution in [3.05, 3.63) is 59.2 Å². The van der Waals surface area contributed by atoms with E-state index in [9.17, 15) is 13.2 Å². The number of para-hydroxylation sites is 1. The molecule has 3 rings (SSSR count). The number of rotatable bonds is 3. The van der Waals surface area contributed by atoms with E-state index in [0.717, 1.165) is 23.9 Å². The highest BCUT2D eigenvalue weighted by Crippen LogP contribution is 2.30. The van der Waals surface area contributed by atoms with Gasteiger partial charge in [-0.25, -0.2) is 8.42 Å². The number of sulfonamides is 1. The molecule has 1 aliphatic rings. The lowest BCUT2D eigenvalue weighted by Gasteiger charge is -2.21. The van der Waals surface area contributed by atoms with Crippen LogP contribution < -0.4 is 9.21 Å². The molecule has 0 fully saturated rings. The Labute approximate surface area is 142 Å². The third-order valence-corrected chi connectivity index (χ3v) is 5.60. The Bertz CT molecular complexity index is 906. The fourth-order valence-electron chi connectivity index (χ4n) is 3.03. The van der Waals surface area contributed by atoms with Crippen molar-refractivity contribution in [3.63, 3.8) is 0 Å². The van der Waals surface area contributed by atoms with Crippen molar-refractivity contribution < 1.29 is 13.2 Å². The number of hydrogen-bond donors (Lipinski definition) is 0. The summed E-state index contributed by atoms with van der Waals surface area (Å²) in [5.41, 5.74) is 4.03. The van der Waals surface area contributed by atoms with Gasteiger partial charge < -0.3 is 4.90 Å². The van der Waals surface area contributed by atoms with Crippen molar-refractivity contribution in [1.82, 2.24) is 0 Å². The third kappa shape index (κ3) is 2.89. The number of amides is 1. The predicted molar refractivity (Wildman–Crippen MR) is 96.2 cm³/mol. The lowest BCUT2D eigenvalue weighted by molar-refractivity contribution is 0.0989. The molecule has 0 saturated heterocycles. The number of carbonyl (C=O) groups excluding carboxylic acids is 1. The summed E-state index contributed by atoms with van der Waals surface area (Å²) >= 11 is 0. The van der Waals surface area contributed by atoms with Crippen LogP contribution in [0, 0.1) is 6.92 Å². The molecule has 126 valence electrons. The average molecular weight is 344 g/mol. The Hall–Kier alpha value is -2.34. The van der Waals surface area contributed by atoms with Crippen molar-refractivity contribution in [2.45, 2.75) is 13.3 Å². The molecule has 0 bridgehead atoms. The molecule has 24 heavy (non-hydrogen) atoms. The maximum Gasteiger partial charge on any atom is 0.258 e. The van der Waals surface area contributed by atoms with E-state index in [4.69, 9.17) is 0 Å². The van der Waals surface area contributed by atoms with E-state index in [1.165, 1.54) is 16.9 Å². The molecule has 2 aromatic rings. The minimum absolute atomic E-state index is 0.0587. The summed E-state index contributed by atoms with van der Waals surface area (Å²) < 4.78 is 24.6. The molecule has 0 saturated carbocycles. The molecule has 0 unspecified atom stereocenters. The molecule has 1 heterocycles. The minimum Gasteiger partial charge on any atom is -0.308 e. The van der Waals surface area contributed by atoms with E-state index < -0.39 is 10.0 Å². The largest absolute Gasteiger partial charge is 0.308 e. The van der Waals surface area contributed by atoms with E-state index in [1.807, 2.05) is 31.2 Å². The van der Waals surface area contributed by atoms with Crippen LogP contribution in [0.25, 0.3) is 0 Å². The van der Waals surface area contributed by atoms with Gasteiger partial charge in [-0.3, -0.25) is 9.10 Å². The van der Waals surface area contributed by atoms with E-state index in [1.54, 1.807) is 23.1 Å². The van der Waals surface area contributed by atoms with Crippen LogP contribution in [-0.2, 0) is 16.4 Å². The maximum absolute atomic E-state index is 12.8. The molecular formula is C18H20N2O3S. The van der Waals surface area contributed by atoms with Crippen molar-refractivity contribution in [3.8, 4) is 0 Å². The number of fused-ring (bicyclic) bond motifs is 1. The smallest absolute Gasteiger partial charge is 0.258 e. The molecule has 2 aromatic carbocycles. The molecule has 0 aromatic heterocycles. The van der Waals surface area contributed by atoms with Crippen LogP contribution in [-0.4, -0.2) is 34.2 Å². The summed E-state index contributed by atoms with van der Waals surface area (Å²) in [5, 5.41) is 0. The first-order chi connectivity index (χ1) is 11.3. The van der Waals surface area contributed by atoms with E-state index >= 15 is 0 Å². The predicted octanol–water partition coefficient (Wildman–Crippen LogP) is 2.59. The molecular weight excluding hydrogens is 324 g/mol. The topological polar surface area (TPSA) is 57.7 Å². The van der Waals surface area contributed by atoms with Gasteiger partial charge in [-0.15, -0.1) is 0 Å². The van der Waals surface area contributed by atoms with Gasteiger partial charge in [0, 0.05) is 24.8 Å². The number of aryl methyl sites for hydroxylation is 1. The summed E-state index contributed by atoms with van der Waals surface area (Å²) in [6.07, 6.45) is 2.02. The zero-order valence-corrected chi connectivity index (χ0v) is 14.8. The van der Waals surface area contributed by atoms with Crippen molar-refractivity contribution in [2.24, 2.45) is 0 Å². The quantitative estimate of drug-likeness (QED) is 0.860. The van der Waals surface area contributed by atoms with E-state index in [0.29, 0.717) is 17.8 Å². The number of carbonyl (C=O) groups is 1. The zero-order valence-electron chi connectivity index (χ0n) is 14.0. The standard InChI is InChI=1S/C18H20N2O3S/c1-13-12-15(8-9-16(13)19(2)24(3,22)23)18(21)20-11-10-14-6-4-5-7-17(14)20/h4-9,12H,10-11H2,1-3H3. The van der Waals surface area contributed by atoms with Gasteiger partial charge in [0.1, 0.15) is 0 Å². The Kier molecular flexibility index (Phi) is 4.09. The molecule has 0 aliphatic carbocycles. The molecule has 0 atom stereocenters. The van der Waals surface area contributed by atoms with Crippen LogP contribution in [0.2, 0.25) is 0 Å². The number of benzene rings is 2. The Morgan fingerprint density at radius 2 is 1.88 bits per heavy atom. The van der Waals surface area contributed by atoms with Crippen molar-refractivity contribution >= 4 is 27.3 Å². The summed E-state index contributed by atoms with van der Waals surface area (Å²) in [7, 11) is -1.82. The molecule has 1 amide bonds. The van der Waals surface area contributed by atoms with Gasteiger partial charge in [0.05, 0.1) is 11.9 Å². The molecule has 0 N–H and O–H groups in total. The monoisotopic (exact) mass is 344 g/mol. The zero-order chi connectivity index (χ0) is 17.5. The fourth-order valence-corrected chi connectivity index (χ4v) is 3.59. The summed E-state index contributed by atoms with van der Waals surface area (Å²) in [5.74, 6) is -0.0587. The lowest BCUT2D eigenvalue weighted by Crippen LogP contribution is -2.29. The first-order valence-corrected chi connectivity index (χ1v) is 9.58. The van der Waals surface area contributed by atoms with Crippen LogP contribution in [0.1, 0.15) is 21.5 Å². The first-order valence-electron chi connectivity index (χ1n) is 7.73. The number of anilines is 2. The number of hydrogen-bond acceptors (Lipinski definition) is 3. The van der Waals surface area contributed by atoms with Crippen LogP contribution in [0.5, 0.6) is 0 Å². The lowest BCUT2D eigenvalue weighted by atomic mass is 10.1. The molecule has 0 spiro atoms. The first kappa shape index (κ1) is 16.5. The van der Waals surface area contributed by atoms with Gasteiger partial charge in [0.2, 0.25) is 10.0 Å². The van der Waals surface area contributed by atoms with E-state index in [2.05, 4.69) is 0 Å². The second kappa shape index (κ2) is 5.94. The normalized spacial score (nSPS) is 13.7. The van der Waals surface area contributed by atoms with E-state index in [-0.39, 0.29) is 5.91 Å². The highest BCUT2D eigenvalue weighted by atomic mass is 32.2. The van der Waals surface area contributed by atoms with Crippen molar-refractivity contribution in [1.29, 1.82) is 0 Å². The highest BCUT2D eigenvalue weighted by molar-refractivity contribution is 7.92. The van der Waals surface area contributed by atoms with Crippen LogP contribution in [0.4, 0.5) is 11.4 Å². The van der Waals surface area contributed by atoms with Gasteiger partial charge in [0.25, 0.3) is 5.91 Å². The maximum atomic E-state index is 12.8. The van der Waals surface area contributed by atoms with Gasteiger partial charge in [-0.2, -0.15) is 0 Å².